The average Bonchev–Trinajstić information content (AvgIpc) is 2.84. The standard InChI is InChI=1S/C15H18N2O4S/c1-2-14(18)16-9-11-3-5-12(6-4-11)15(19)17-13-7-8-22(20,21)10-13/h2-6,13H,1,7-10H2,(H,16,18)(H,17,19). The molecule has 0 bridgehead atoms. The number of sulfone groups is 1. The third-order valence-corrected chi connectivity index (χ3v) is 5.20. The first-order valence-corrected chi connectivity index (χ1v) is 8.72. The molecule has 1 aliphatic heterocycles. The third-order valence-electron chi connectivity index (χ3n) is 3.44. The van der Waals surface area contributed by atoms with E-state index in [1.807, 2.05) is 0 Å². The van der Waals surface area contributed by atoms with Crippen LogP contribution >= 0.6 is 0 Å². The molecule has 2 rings (SSSR count). The lowest BCUT2D eigenvalue weighted by Gasteiger charge is -2.11. The maximum atomic E-state index is 12.0. The molecule has 118 valence electrons. The summed E-state index contributed by atoms with van der Waals surface area (Å²) in [5.41, 5.74) is 1.32. The van der Waals surface area contributed by atoms with Gasteiger partial charge in [-0.3, -0.25) is 9.59 Å². The Kier molecular flexibility index (Phi) is 4.97. The van der Waals surface area contributed by atoms with E-state index in [1.54, 1.807) is 24.3 Å². The first-order chi connectivity index (χ1) is 10.4. The van der Waals surface area contributed by atoms with E-state index in [4.69, 9.17) is 0 Å². The Bertz CT molecular complexity index is 680. The first kappa shape index (κ1) is 16.2. The van der Waals surface area contributed by atoms with Gasteiger partial charge in [-0.2, -0.15) is 0 Å². The van der Waals surface area contributed by atoms with Crippen molar-refractivity contribution in [3.63, 3.8) is 0 Å². The minimum atomic E-state index is -3.01. The third kappa shape index (κ3) is 4.42. The normalized spacial score (nSPS) is 19.4. The zero-order valence-electron chi connectivity index (χ0n) is 12.0. The molecule has 1 atom stereocenters. The van der Waals surface area contributed by atoms with Crippen molar-refractivity contribution in [2.24, 2.45) is 0 Å². The van der Waals surface area contributed by atoms with Crippen molar-refractivity contribution < 1.29 is 18.0 Å². The molecular formula is C15H18N2O4S. The molecule has 2 N–H and O–H groups in total. The number of amides is 2. The van der Waals surface area contributed by atoms with Crippen molar-refractivity contribution in [3.8, 4) is 0 Å². The van der Waals surface area contributed by atoms with E-state index >= 15 is 0 Å². The van der Waals surface area contributed by atoms with Crippen LogP contribution in [0, 0.1) is 0 Å². The van der Waals surface area contributed by atoms with Gasteiger partial charge in [0.1, 0.15) is 0 Å². The second-order valence-electron chi connectivity index (χ2n) is 5.19. The molecule has 1 aromatic rings. The predicted molar refractivity (Wildman–Crippen MR) is 83.0 cm³/mol. The molecule has 0 radical (unpaired) electrons. The highest BCUT2D eigenvalue weighted by molar-refractivity contribution is 7.91. The smallest absolute Gasteiger partial charge is 0.251 e. The number of hydrogen-bond donors (Lipinski definition) is 2. The van der Waals surface area contributed by atoms with Crippen molar-refractivity contribution in [2.75, 3.05) is 11.5 Å². The molecule has 0 aromatic heterocycles. The minimum absolute atomic E-state index is 0.00437. The minimum Gasteiger partial charge on any atom is -0.348 e. The molecular weight excluding hydrogens is 304 g/mol. The van der Waals surface area contributed by atoms with Gasteiger partial charge in [0.25, 0.3) is 5.91 Å². The fraction of sp³-hybridized carbons (Fsp3) is 0.333. The summed E-state index contributed by atoms with van der Waals surface area (Å²) >= 11 is 0. The Morgan fingerprint density at radius 2 is 1.95 bits per heavy atom. The van der Waals surface area contributed by atoms with E-state index < -0.39 is 9.84 Å². The van der Waals surface area contributed by atoms with Gasteiger partial charge >= 0.3 is 0 Å². The van der Waals surface area contributed by atoms with E-state index in [2.05, 4.69) is 17.2 Å². The summed E-state index contributed by atoms with van der Waals surface area (Å²) in [6.07, 6.45) is 1.65. The molecule has 7 heteroatoms. The summed E-state index contributed by atoms with van der Waals surface area (Å²) in [6.45, 7) is 3.72. The zero-order chi connectivity index (χ0) is 16.2. The lowest BCUT2D eigenvalue weighted by atomic mass is 10.1. The van der Waals surface area contributed by atoms with Crippen LogP contribution in [0.25, 0.3) is 0 Å². The van der Waals surface area contributed by atoms with Crippen molar-refractivity contribution >= 4 is 21.7 Å². The highest BCUT2D eigenvalue weighted by atomic mass is 32.2. The van der Waals surface area contributed by atoms with Gasteiger partial charge in [-0.1, -0.05) is 18.7 Å². The first-order valence-electron chi connectivity index (χ1n) is 6.90. The SMILES string of the molecule is C=CC(=O)NCc1ccc(C(=O)NC2CCS(=O)(=O)C2)cc1. The lowest BCUT2D eigenvalue weighted by Crippen LogP contribution is -2.35. The maximum Gasteiger partial charge on any atom is 0.251 e. The fourth-order valence-corrected chi connectivity index (χ4v) is 3.89. The molecule has 1 aromatic carbocycles. The fourth-order valence-electron chi connectivity index (χ4n) is 2.21. The number of benzene rings is 1. The Morgan fingerprint density at radius 1 is 1.27 bits per heavy atom. The van der Waals surface area contributed by atoms with E-state index in [9.17, 15) is 18.0 Å². The monoisotopic (exact) mass is 322 g/mol. The van der Waals surface area contributed by atoms with Gasteiger partial charge in [-0.25, -0.2) is 8.42 Å². The molecule has 1 aliphatic rings. The van der Waals surface area contributed by atoms with Crippen LogP contribution in [0.5, 0.6) is 0 Å². The number of carbonyl (C=O) groups is 2. The predicted octanol–water partition coefficient (Wildman–Crippen LogP) is 0.406. The highest BCUT2D eigenvalue weighted by Gasteiger charge is 2.29. The summed E-state index contributed by atoms with van der Waals surface area (Å²) in [5, 5.41) is 5.37. The second-order valence-corrected chi connectivity index (χ2v) is 7.42. The largest absolute Gasteiger partial charge is 0.348 e. The molecule has 0 aliphatic carbocycles. The van der Waals surface area contributed by atoms with Crippen LogP contribution in [0.3, 0.4) is 0 Å². The average molecular weight is 322 g/mol. The summed E-state index contributed by atoms with van der Waals surface area (Å²) in [7, 11) is -3.01. The Labute approximate surface area is 129 Å². The summed E-state index contributed by atoms with van der Waals surface area (Å²) in [4.78, 5) is 23.1. The zero-order valence-corrected chi connectivity index (χ0v) is 12.9. The molecule has 1 heterocycles. The number of rotatable bonds is 5. The number of carbonyl (C=O) groups excluding carboxylic acids is 2. The van der Waals surface area contributed by atoms with Crippen molar-refractivity contribution in [3.05, 3.63) is 48.0 Å². The van der Waals surface area contributed by atoms with E-state index in [0.29, 0.717) is 18.5 Å². The van der Waals surface area contributed by atoms with Crippen LogP contribution in [0.15, 0.2) is 36.9 Å². The Hall–Kier alpha value is -2.15. The van der Waals surface area contributed by atoms with Gasteiger partial charge in [-0.05, 0) is 30.2 Å². The van der Waals surface area contributed by atoms with Crippen LogP contribution in [-0.2, 0) is 21.2 Å². The molecule has 2 amide bonds. The van der Waals surface area contributed by atoms with Crippen LogP contribution in [0.4, 0.5) is 0 Å². The van der Waals surface area contributed by atoms with Crippen molar-refractivity contribution in [1.29, 1.82) is 0 Å². The maximum absolute atomic E-state index is 12.0. The van der Waals surface area contributed by atoms with Gasteiger partial charge in [-0.15, -0.1) is 0 Å². The van der Waals surface area contributed by atoms with Crippen LogP contribution in [0.1, 0.15) is 22.3 Å². The number of nitrogens with one attached hydrogen (secondary N) is 2. The Morgan fingerprint density at radius 3 is 2.50 bits per heavy atom. The van der Waals surface area contributed by atoms with Crippen LogP contribution < -0.4 is 10.6 Å². The van der Waals surface area contributed by atoms with Gasteiger partial charge in [0.2, 0.25) is 5.91 Å². The van der Waals surface area contributed by atoms with Gasteiger partial charge in [0, 0.05) is 18.2 Å². The lowest BCUT2D eigenvalue weighted by molar-refractivity contribution is -0.116. The molecule has 0 saturated carbocycles. The summed E-state index contributed by atoms with van der Waals surface area (Å²) in [6, 6.07) is 6.46. The molecule has 22 heavy (non-hydrogen) atoms. The van der Waals surface area contributed by atoms with Gasteiger partial charge in [0.05, 0.1) is 11.5 Å². The molecule has 1 fully saturated rings. The van der Waals surface area contributed by atoms with Crippen molar-refractivity contribution in [1.82, 2.24) is 10.6 Å². The van der Waals surface area contributed by atoms with Crippen molar-refractivity contribution in [2.45, 2.75) is 19.0 Å². The Balaban J connectivity index is 1.91. The summed E-state index contributed by atoms with van der Waals surface area (Å²) < 4.78 is 22.7. The number of hydrogen-bond acceptors (Lipinski definition) is 4. The van der Waals surface area contributed by atoms with Crippen LogP contribution in [-0.4, -0.2) is 37.8 Å². The van der Waals surface area contributed by atoms with E-state index in [-0.39, 0.29) is 29.4 Å². The van der Waals surface area contributed by atoms with Gasteiger partial charge in [0.15, 0.2) is 9.84 Å². The van der Waals surface area contributed by atoms with E-state index in [0.717, 1.165) is 5.56 Å². The molecule has 0 spiro atoms. The topological polar surface area (TPSA) is 92.3 Å². The van der Waals surface area contributed by atoms with E-state index in [1.165, 1.54) is 6.08 Å². The summed E-state index contributed by atoms with van der Waals surface area (Å²) in [5.74, 6) is -0.419. The van der Waals surface area contributed by atoms with Crippen LogP contribution in [0.2, 0.25) is 0 Å². The molecule has 6 nitrogen and oxygen atoms in total. The molecule has 1 saturated heterocycles. The van der Waals surface area contributed by atoms with Gasteiger partial charge < -0.3 is 10.6 Å². The quantitative estimate of drug-likeness (QED) is 0.768. The second kappa shape index (κ2) is 6.74. The molecule has 1 unspecified atom stereocenters. The highest BCUT2D eigenvalue weighted by Crippen LogP contribution is 2.12.